The quantitative estimate of drug-likeness (QED) is 0.742. The Morgan fingerprint density at radius 3 is 2.45 bits per heavy atom. The van der Waals surface area contributed by atoms with E-state index in [0.717, 1.165) is 12.8 Å². The molecule has 0 atom stereocenters. The number of ether oxygens (including phenoxy) is 1. The molecule has 2 nitrogen and oxygen atoms in total. The summed E-state index contributed by atoms with van der Waals surface area (Å²) < 4.78 is 18.8. The number of hydrogen-bond acceptors (Lipinski definition) is 2. The van der Waals surface area contributed by atoms with Crippen LogP contribution in [0.4, 0.5) is 4.39 Å². The van der Waals surface area contributed by atoms with Crippen LogP contribution in [0.25, 0.3) is 0 Å². The van der Waals surface area contributed by atoms with Crippen molar-refractivity contribution in [2.45, 2.75) is 19.8 Å². The molecule has 0 radical (unpaired) electrons. The van der Waals surface area contributed by atoms with Crippen molar-refractivity contribution < 1.29 is 13.9 Å². The van der Waals surface area contributed by atoms with Crippen molar-refractivity contribution in [1.82, 2.24) is 0 Å². The molecule has 2 rings (SSSR count). The molecule has 0 amide bonds. The predicted octanol–water partition coefficient (Wildman–Crippen LogP) is 4.04. The average Bonchev–Trinajstić information content (AvgIpc) is 2.47. The molecule has 0 aliphatic heterocycles. The Labute approximate surface area is 118 Å². The van der Waals surface area contributed by atoms with Gasteiger partial charge in [-0.3, -0.25) is 4.79 Å². The molecular weight excluding hydrogens is 255 g/mol. The highest BCUT2D eigenvalue weighted by molar-refractivity contribution is 5.97. The van der Waals surface area contributed by atoms with Crippen LogP contribution < -0.4 is 4.74 Å². The summed E-state index contributed by atoms with van der Waals surface area (Å²) in [6.45, 7) is 1.96. The normalized spacial score (nSPS) is 10.3. The van der Waals surface area contributed by atoms with E-state index < -0.39 is 5.82 Å². The Morgan fingerprint density at radius 1 is 1.10 bits per heavy atom. The van der Waals surface area contributed by atoms with E-state index in [1.54, 1.807) is 12.1 Å². The fourth-order valence-electron chi connectivity index (χ4n) is 1.95. The number of benzene rings is 2. The number of carbonyl (C=O) groups is 1. The van der Waals surface area contributed by atoms with E-state index in [1.165, 1.54) is 17.7 Å². The van der Waals surface area contributed by atoms with Crippen molar-refractivity contribution in [3.8, 4) is 5.75 Å². The van der Waals surface area contributed by atoms with Crippen molar-refractivity contribution in [2.75, 3.05) is 6.61 Å². The highest BCUT2D eigenvalue weighted by Gasteiger charge is 2.11. The summed E-state index contributed by atoms with van der Waals surface area (Å²) in [6, 6.07) is 13.5. The van der Waals surface area contributed by atoms with Crippen LogP contribution in [0.5, 0.6) is 5.75 Å². The van der Waals surface area contributed by atoms with Crippen LogP contribution in [-0.2, 0) is 6.42 Å². The Bertz CT molecular complexity index is 576. The molecule has 0 bridgehead atoms. The highest BCUT2D eigenvalue weighted by atomic mass is 19.1. The van der Waals surface area contributed by atoms with Gasteiger partial charge >= 0.3 is 0 Å². The van der Waals surface area contributed by atoms with Gasteiger partial charge in [0.15, 0.2) is 6.61 Å². The van der Waals surface area contributed by atoms with Crippen molar-refractivity contribution in [2.24, 2.45) is 0 Å². The second-order valence-corrected chi connectivity index (χ2v) is 4.59. The van der Waals surface area contributed by atoms with Gasteiger partial charge in [0.05, 0.1) is 5.56 Å². The van der Waals surface area contributed by atoms with Crippen molar-refractivity contribution in [3.05, 3.63) is 65.5 Å². The number of Topliss-reactive ketones (excluding diaryl/α,β-unsaturated/α-hetero) is 1. The van der Waals surface area contributed by atoms with Gasteiger partial charge in [-0.25, -0.2) is 4.39 Å². The summed E-state index contributed by atoms with van der Waals surface area (Å²) in [6.07, 6.45) is 2.11. The summed E-state index contributed by atoms with van der Waals surface area (Å²) in [7, 11) is 0. The lowest BCUT2D eigenvalue weighted by molar-refractivity contribution is 0.0917. The maximum Gasteiger partial charge on any atom is 0.203 e. The van der Waals surface area contributed by atoms with E-state index in [1.807, 2.05) is 24.3 Å². The molecular formula is C17H17FO2. The Balaban J connectivity index is 1.95. The van der Waals surface area contributed by atoms with Crippen LogP contribution in [-0.4, -0.2) is 12.4 Å². The van der Waals surface area contributed by atoms with Crippen molar-refractivity contribution >= 4 is 5.78 Å². The van der Waals surface area contributed by atoms with E-state index in [2.05, 4.69) is 6.92 Å². The Kier molecular flexibility index (Phi) is 4.88. The summed E-state index contributed by atoms with van der Waals surface area (Å²) in [5, 5.41) is 0. The van der Waals surface area contributed by atoms with E-state index >= 15 is 0 Å². The molecule has 0 spiro atoms. The highest BCUT2D eigenvalue weighted by Crippen LogP contribution is 2.14. The number of ketones is 1. The molecule has 104 valence electrons. The van der Waals surface area contributed by atoms with Crippen molar-refractivity contribution in [3.63, 3.8) is 0 Å². The summed E-state index contributed by atoms with van der Waals surface area (Å²) >= 11 is 0. The van der Waals surface area contributed by atoms with Gasteiger partial charge in [0.1, 0.15) is 11.6 Å². The summed E-state index contributed by atoms with van der Waals surface area (Å²) in [4.78, 5) is 11.8. The van der Waals surface area contributed by atoms with Crippen LogP contribution in [0.1, 0.15) is 29.3 Å². The minimum atomic E-state index is -0.514. The monoisotopic (exact) mass is 272 g/mol. The molecule has 0 aliphatic rings. The molecule has 2 aromatic carbocycles. The lowest BCUT2D eigenvalue weighted by Crippen LogP contribution is -2.13. The van der Waals surface area contributed by atoms with Gasteiger partial charge in [-0.1, -0.05) is 37.6 Å². The first-order valence-corrected chi connectivity index (χ1v) is 6.70. The fraction of sp³-hybridized carbons (Fsp3) is 0.235. The zero-order valence-corrected chi connectivity index (χ0v) is 11.4. The zero-order valence-electron chi connectivity index (χ0n) is 11.4. The Hall–Kier alpha value is -2.16. The number of aryl methyl sites for hydroxylation is 1. The Morgan fingerprint density at radius 2 is 1.80 bits per heavy atom. The molecule has 3 heteroatoms. The zero-order chi connectivity index (χ0) is 14.4. The lowest BCUT2D eigenvalue weighted by Gasteiger charge is -2.07. The summed E-state index contributed by atoms with van der Waals surface area (Å²) in [5.74, 6) is -0.255. The van der Waals surface area contributed by atoms with Gasteiger partial charge in [0.2, 0.25) is 5.78 Å². The molecule has 0 aliphatic carbocycles. The molecule has 0 aromatic heterocycles. The van der Waals surface area contributed by atoms with Gasteiger partial charge in [-0.05, 0) is 36.2 Å². The van der Waals surface area contributed by atoms with Gasteiger partial charge in [0.25, 0.3) is 0 Å². The van der Waals surface area contributed by atoms with Gasteiger partial charge in [-0.15, -0.1) is 0 Å². The lowest BCUT2D eigenvalue weighted by atomic mass is 10.1. The standard InChI is InChI=1S/C17H17FO2/c1-2-5-13-8-10-14(11-9-13)20-12-17(19)15-6-3-4-7-16(15)18/h3-4,6-11H,2,5,12H2,1H3. The number of rotatable bonds is 6. The fourth-order valence-corrected chi connectivity index (χ4v) is 1.95. The van der Waals surface area contributed by atoms with Gasteiger partial charge in [0, 0.05) is 0 Å². The number of carbonyl (C=O) groups excluding carboxylic acids is 1. The van der Waals surface area contributed by atoms with Crippen LogP contribution in [0.2, 0.25) is 0 Å². The number of hydrogen-bond donors (Lipinski definition) is 0. The second-order valence-electron chi connectivity index (χ2n) is 4.59. The minimum absolute atomic E-state index is 0.0649. The van der Waals surface area contributed by atoms with Crippen LogP contribution in [0.15, 0.2) is 48.5 Å². The van der Waals surface area contributed by atoms with Crippen LogP contribution in [0.3, 0.4) is 0 Å². The molecule has 0 unspecified atom stereocenters. The van der Waals surface area contributed by atoms with Crippen LogP contribution >= 0.6 is 0 Å². The molecule has 0 saturated heterocycles. The molecule has 0 saturated carbocycles. The third-order valence-electron chi connectivity index (χ3n) is 3.01. The average molecular weight is 272 g/mol. The summed E-state index contributed by atoms with van der Waals surface area (Å²) in [5.41, 5.74) is 1.30. The SMILES string of the molecule is CCCc1ccc(OCC(=O)c2ccccc2F)cc1. The molecule has 20 heavy (non-hydrogen) atoms. The third-order valence-corrected chi connectivity index (χ3v) is 3.01. The molecule has 0 fully saturated rings. The third kappa shape index (κ3) is 3.67. The minimum Gasteiger partial charge on any atom is -0.485 e. The largest absolute Gasteiger partial charge is 0.485 e. The van der Waals surface area contributed by atoms with E-state index in [0.29, 0.717) is 5.75 Å². The van der Waals surface area contributed by atoms with Crippen LogP contribution in [0, 0.1) is 5.82 Å². The van der Waals surface area contributed by atoms with Gasteiger partial charge in [-0.2, -0.15) is 0 Å². The topological polar surface area (TPSA) is 26.3 Å². The smallest absolute Gasteiger partial charge is 0.203 e. The molecule has 2 aromatic rings. The van der Waals surface area contributed by atoms with E-state index in [9.17, 15) is 9.18 Å². The first-order chi connectivity index (χ1) is 9.70. The van der Waals surface area contributed by atoms with Crippen molar-refractivity contribution in [1.29, 1.82) is 0 Å². The van der Waals surface area contributed by atoms with E-state index in [4.69, 9.17) is 4.74 Å². The second kappa shape index (κ2) is 6.85. The van der Waals surface area contributed by atoms with E-state index in [-0.39, 0.29) is 18.0 Å². The maximum atomic E-state index is 13.4. The molecule has 0 N–H and O–H groups in total. The first kappa shape index (κ1) is 14.3. The van der Waals surface area contributed by atoms with Gasteiger partial charge < -0.3 is 4.74 Å². The maximum absolute atomic E-state index is 13.4. The molecule has 0 heterocycles. The predicted molar refractivity (Wildman–Crippen MR) is 76.7 cm³/mol. The first-order valence-electron chi connectivity index (χ1n) is 6.70. The number of halogens is 1.